The van der Waals surface area contributed by atoms with Crippen LogP contribution in [-0.2, 0) is 11.8 Å². The van der Waals surface area contributed by atoms with Crippen molar-refractivity contribution in [2.24, 2.45) is 5.92 Å². The molecule has 0 amide bonds. The molecular formula is C27H30N4O. The summed E-state index contributed by atoms with van der Waals surface area (Å²) >= 11 is 0. The van der Waals surface area contributed by atoms with Gasteiger partial charge in [0.25, 0.3) is 0 Å². The SMILES string of the molecule is CN(C)c1cccc(C2(c3cccc(N(C)C)c3)C=Cc3c(C(=O)C4CC4)n[nH]c3C2)c1. The average Bonchev–Trinajstić information content (AvgIpc) is 3.58. The van der Waals surface area contributed by atoms with Crippen molar-refractivity contribution in [1.29, 1.82) is 0 Å². The number of benzene rings is 2. The monoisotopic (exact) mass is 426 g/mol. The predicted molar refractivity (Wildman–Crippen MR) is 131 cm³/mol. The molecule has 1 fully saturated rings. The van der Waals surface area contributed by atoms with Gasteiger partial charge in [-0.3, -0.25) is 9.89 Å². The molecule has 2 aromatic carbocycles. The lowest BCUT2D eigenvalue weighted by Gasteiger charge is -2.35. The number of H-pyrrole nitrogens is 1. The summed E-state index contributed by atoms with van der Waals surface area (Å²) < 4.78 is 0. The standard InChI is InChI=1S/C27H30N4O/c1-30(2)21-9-5-7-19(15-21)27(20-8-6-10-22(16-20)31(3)4)14-13-23-24(17-27)28-29-25(23)26(32)18-11-12-18/h5-10,13-16,18H,11-12,17H2,1-4H3,(H,28,29). The van der Waals surface area contributed by atoms with Crippen LogP contribution in [0.5, 0.6) is 0 Å². The third kappa shape index (κ3) is 3.42. The molecule has 1 aromatic heterocycles. The zero-order chi connectivity index (χ0) is 22.5. The van der Waals surface area contributed by atoms with E-state index in [0.29, 0.717) is 5.69 Å². The minimum atomic E-state index is -0.350. The fraction of sp³-hybridized carbons (Fsp3) is 0.333. The van der Waals surface area contributed by atoms with Crippen molar-refractivity contribution < 1.29 is 4.79 Å². The summed E-state index contributed by atoms with van der Waals surface area (Å²) in [6.45, 7) is 0. The number of aromatic nitrogens is 2. The smallest absolute Gasteiger partial charge is 0.186 e. The van der Waals surface area contributed by atoms with Gasteiger partial charge in [-0.2, -0.15) is 5.10 Å². The molecule has 0 bridgehead atoms. The fourth-order valence-electron chi connectivity index (χ4n) is 4.68. The Morgan fingerprint density at radius 1 is 0.969 bits per heavy atom. The molecule has 5 nitrogen and oxygen atoms in total. The topological polar surface area (TPSA) is 52.2 Å². The van der Waals surface area contributed by atoms with Crippen LogP contribution in [-0.4, -0.2) is 44.2 Å². The molecule has 0 spiro atoms. The number of anilines is 2. The van der Waals surface area contributed by atoms with Crippen molar-refractivity contribution >= 4 is 23.2 Å². The number of fused-ring (bicyclic) bond motifs is 1. The highest BCUT2D eigenvalue weighted by Gasteiger charge is 2.39. The van der Waals surface area contributed by atoms with E-state index in [1.54, 1.807) is 0 Å². The van der Waals surface area contributed by atoms with Gasteiger partial charge in [-0.1, -0.05) is 36.4 Å². The van der Waals surface area contributed by atoms with E-state index in [4.69, 9.17) is 0 Å². The van der Waals surface area contributed by atoms with Gasteiger partial charge in [0.1, 0.15) is 5.69 Å². The average molecular weight is 427 g/mol. The van der Waals surface area contributed by atoms with Crippen molar-refractivity contribution in [2.75, 3.05) is 38.0 Å². The summed E-state index contributed by atoms with van der Waals surface area (Å²) in [5.41, 5.74) is 7.04. The van der Waals surface area contributed by atoms with Gasteiger partial charge in [0, 0.05) is 68.6 Å². The normalized spacial score (nSPS) is 16.5. The minimum absolute atomic E-state index is 0.163. The highest BCUT2D eigenvalue weighted by molar-refractivity contribution is 6.01. The number of nitrogens with one attached hydrogen (secondary N) is 1. The Hall–Kier alpha value is -3.34. The Balaban J connectivity index is 1.66. The number of rotatable bonds is 6. The second kappa shape index (κ2) is 7.66. The first-order valence-corrected chi connectivity index (χ1v) is 11.3. The molecule has 0 aliphatic heterocycles. The quantitative estimate of drug-likeness (QED) is 0.581. The van der Waals surface area contributed by atoms with Crippen molar-refractivity contribution in [3.63, 3.8) is 0 Å². The lowest BCUT2D eigenvalue weighted by atomic mass is 9.68. The first-order valence-electron chi connectivity index (χ1n) is 11.3. The molecule has 0 saturated heterocycles. The number of carbonyl (C=O) groups excluding carboxylic acids is 1. The van der Waals surface area contributed by atoms with Crippen LogP contribution in [0.3, 0.4) is 0 Å². The number of Topliss-reactive ketones (excluding diaryl/α,β-unsaturated/α-hetero) is 1. The highest BCUT2D eigenvalue weighted by Crippen LogP contribution is 2.44. The minimum Gasteiger partial charge on any atom is -0.378 e. The maximum atomic E-state index is 12.8. The molecule has 1 saturated carbocycles. The zero-order valence-corrected chi connectivity index (χ0v) is 19.2. The number of nitrogens with zero attached hydrogens (tertiary/aromatic N) is 3. The van der Waals surface area contributed by atoms with Crippen LogP contribution in [0, 0.1) is 5.92 Å². The summed E-state index contributed by atoms with van der Waals surface area (Å²) in [7, 11) is 8.27. The maximum Gasteiger partial charge on any atom is 0.186 e. The molecule has 0 radical (unpaired) electrons. The Morgan fingerprint density at radius 3 is 2.09 bits per heavy atom. The summed E-state index contributed by atoms with van der Waals surface area (Å²) in [5, 5.41) is 7.68. The number of aromatic amines is 1. The van der Waals surface area contributed by atoms with E-state index in [2.05, 4.69) is 109 Å². The van der Waals surface area contributed by atoms with Crippen molar-refractivity contribution in [1.82, 2.24) is 10.2 Å². The zero-order valence-electron chi connectivity index (χ0n) is 19.2. The Labute approximate surface area is 189 Å². The van der Waals surface area contributed by atoms with Crippen molar-refractivity contribution in [2.45, 2.75) is 24.7 Å². The van der Waals surface area contributed by atoms with Gasteiger partial charge in [-0.15, -0.1) is 0 Å². The second-order valence-corrected chi connectivity index (χ2v) is 9.47. The van der Waals surface area contributed by atoms with E-state index in [1.807, 2.05) is 0 Å². The summed E-state index contributed by atoms with van der Waals surface area (Å²) in [5.74, 6) is 0.347. The van der Waals surface area contributed by atoms with Crippen molar-refractivity contribution in [3.05, 3.63) is 82.7 Å². The maximum absolute atomic E-state index is 12.8. The van der Waals surface area contributed by atoms with Gasteiger partial charge in [-0.25, -0.2) is 0 Å². The van der Waals surface area contributed by atoms with Crippen LogP contribution in [0.15, 0.2) is 54.6 Å². The van der Waals surface area contributed by atoms with Crippen LogP contribution in [0.25, 0.3) is 6.08 Å². The Bertz CT molecular complexity index is 1150. The Kier molecular flexibility index (Phi) is 4.92. The van der Waals surface area contributed by atoms with Gasteiger partial charge in [0.05, 0.1) is 0 Å². The molecule has 1 heterocycles. The molecule has 1 N–H and O–H groups in total. The molecule has 2 aliphatic rings. The van der Waals surface area contributed by atoms with Gasteiger partial charge >= 0.3 is 0 Å². The largest absolute Gasteiger partial charge is 0.378 e. The molecule has 2 aliphatic carbocycles. The first kappa shape index (κ1) is 20.6. The van der Waals surface area contributed by atoms with E-state index in [9.17, 15) is 4.79 Å². The van der Waals surface area contributed by atoms with E-state index < -0.39 is 0 Å². The van der Waals surface area contributed by atoms with Crippen LogP contribution in [0.4, 0.5) is 11.4 Å². The molecule has 0 unspecified atom stereocenters. The Morgan fingerprint density at radius 2 is 1.56 bits per heavy atom. The van der Waals surface area contributed by atoms with Crippen molar-refractivity contribution in [3.8, 4) is 0 Å². The molecule has 0 atom stereocenters. The van der Waals surface area contributed by atoms with E-state index in [-0.39, 0.29) is 17.1 Å². The third-order valence-electron chi connectivity index (χ3n) is 6.81. The molecule has 164 valence electrons. The fourth-order valence-corrected chi connectivity index (χ4v) is 4.68. The van der Waals surface area contributed by atoms with E-state index in [1.165, 1.54) is 22.5 Å². The van der Waals surface area contributed by atoms with Crippen LogP contribution < -0.4 is 9.80 Å². The molecule has 3 aromatic rings. The predicted octanol–water partition coefficient (Wildman–Crippen LogP) is 4.69. The summed E-state index contributed by atoms with van der Waals surface area (Å²) in [4.78, 5) is 17.0. The van der Waals surface area contributed by atoms with Gasteiger partial charge in [-0.05, 0) is 48.2 Å². The molecule has 5 rings (SSSR count). The highest BCUT2D eigenvalue weighted by atomic mass is 16.1. The van der Waals surface area contributed by atoms with Crippen LogP contribution >= 0.6 is 0 Å². The number of hydrogen-bond donors (Lipinski definition) is 1. The third-order valence-corrected chi connectivity index (χ3v) is 6.81. The number of allylic oxidation sites excluding steroid dienone is 1. The molecular weight excluding hydrogens is 396 g/mol. The molecule has 5 heteroatoms. The van der Waals surface area contributed by atoms with E-state index >= 15 is 0 Å². The van der Waals surface area contributed by atoms with Gasteiger partial charge < -0.3 is 9.80 Å². The van der Waals surface area contributed by atoms with Gasteiger partial charge in [0.15, 0.2) is 5.78 Å². The summed E-state index contributed by atoms with van der Waals surface area (Å²) in [6.07, 6.45) is 7.10. The number of ketones is 1. The summed E-state index contributed by atoms with van der Waals surface area (Å²) in [6, 6.07) is 17.5. The lowest BCUT2D eigenvalue weighted by molar-refractivity contribution is 0.0962. The van der Waals surface area contributed by atoms with E-state index in [0.717, 1.165) is 30.5 Å². The van der Waals surface area contributed by atoms with Crippen LogP contribution in [0.2, 0.25) is 0 Å². The molecule has 32 heavy (non-hydrogen) atoms. The second-order valence-electron chi connectivity index (χ2n) is 9.47. The number of hydrogen-bond acceptors (Lipinski definition) is 4. The van der Waals surface area contributed by atoms with Crippen LogP contribution in [0.1, 0.15) is 45.7 Å². The lowest BCUT2D eigenvalue weighted by Crippen LogP contribution is -2.31. The number of carbonyl (C=O) groups is 1. The first-order chi connectivity index (χ1) is 15.4. The van der Waals surface area contributed by atoms with Gasteiger partial charge in [0.2, 0.25) is 0 Å².